The van der Waals surface area contributed by atoms with Gasteiger partial charge >= 0.3 is 0 Å². The number of methoxy groups -OCH3 is 1. The highest BCUT2D eigenvalue weighted by atomic mass is 32.2. The van der Waals surface area contributed by atoms with E-state index in [0.717, 1.165) is 5.56 Å². The predicted octanol–water partition coefficient (Wildman–Crippen LogP) is 0.983. The van der Waals surface area contributed by atoms with Gasteiger partial charge in [0, 0.05) is 25.0 Å². The van der Waals surface area contributed by atoms with Gasteiger partial charge in [0.05, 0.1) is 43.3 Å². The number of rotatable bonds is 9. The first-order valence-corrected chi connectivity index (χ1v) is 11.5. The van der Waals surface area contributed by atoms with Gasteiger partial charge in [-0.15, -0.1) is 0 Å². The van der Waals surface area contributed by atoms with Crippen LogP contribution in [0.4, 0.5) is 0 Å². The Morgan fingerprint density at radius 1 is 1.26 bits per heavy atom. The SMILES string of the molecule is COc1cccc(S(=O)(=O)N[C@@H]2CC[C@H](CC(=O)NCc3ccncc3)O[C@@H]2CO)c1. The van der Waals surface area contributed by atoms with Crippen LogP contribution in [0.5, 0.6) is 5.75 Å². The van der Waals surface area contributed by atoms with Gasteiger partial charge in [0.15, 0.2) is 0 Å². The molecule has 168 valence electrons. The second kappa shape index (κ2) is 10.7. The van der Waals surface area contributed by atoms with Gasteiger partial charge in [0.1, 0.15) is 5.75 Å². The Morgan fingerprint density at radius 2 is 2.03 bits per heavy atom. The van der Waals surface area contributed by atoms with E-state index in [9.17, 15) is 18.3 Å². The first kappa shape index (κ1) is 23.1. The molecule has 0 radical (unpaired) electrons. The molecule has 1 fully saturated rings. The van der Waals surface area contributed by atoms with Crippen LogP contribution in [-0.4, -0.2) is 56.4 Å². The number of benzene rings is 1. The minimum absolute atomic E-state index is 0.0705. The molecule has 3 atom stereocenters. The molecule has 1 aromatic heterocycles. The van der Waals surface area contributed by atoms with Gasteiger partial charge in [-0.2, -0.15) is 0 Å². The Balaban J connectivity index is 1.54. The summed E-state index contributed by atoms with van der Waals surface area (Å²) < 4.78 is 39.0. The third-order valence-corrected chi connectivity index (χ3v) is 6.59. The van der Waals surface area contributed by atoms with Crippen molar-refractivity contribution in [3.63, 3.8) is 0 Å². The number of sulfonamides is 1. The summed E-state index contributed by atoms with van der Waals surface area (Å²) in [6.45, 7) is 0.0287. The van der Waals surface area contributed by atoms with E-state index in [1.165, 1.54) is 19.2 Å². The monoisotopic (exact) mass is 449 g/mol. The van der Waals surface area contributed by atoms with Crippen LogP contribution in [0, 0.1) is 0 Å². The molecule has 1 aromatic carbocycles. The molecule has 10 heteroatoms. The average Bonchev–Trinajstić information content (AvgIpc) is 2.79. The van der Waals surface area contributed by atoms with Gasteiger partial charge < -0.3 is 19.9 Å². The van der Waals surface area contributed by atoms with Gasteiger partial charge in [0.25, 0.3) is 0 Å². The Kier molecular flexibility index (Phi) is 7.97. The number of hydrogen-bond acceptors (Lipinski definition) is 7. The van der Waals surface area contributed by atoms with Crippen LogP contribution in [0.25, 0.3) is 0 Å². The number of nitrogens with zero attached hydrogens (tertiary/aromatic N) is 1. The van der Waals surface area contributed by atoms with E-state index in [2.05, 4.69) is 15.0 Å². The number of aliphatic hydroxyl groups excluding tert-OH is 1. The lowest BCUT2D eigenvalue weighted by molar-refractivity contribution is -0.130. The summed E-state index contributed by atoms with van der Waals surface area (Å²) in [6.07, 6.45) is 3.24. The minimum atomic E-state index is -3.82. The van der Waals surface area contributed by atoms with Crippen LogP contribution < -0.4 is 14.8 Å². The summed E-state index contributed by atoms with van der Waals surface area (Å²) in [4.78, 5) is 16.2. The fraction of sp³-hybridized carbons (Fsp3) is 0.429. The van der Waals surface area contributed by atoms with Crippen molar-refractivity contribution in [1.29, 1.82) is 0 Å². The van der Waals surface area contributed by atoms with Crippen molar-refractivity contribution in [1.82, 2.24) is 15.0 Å². The molecular weight excluding hydrogens is 422 g/mol. The molecule has 9 nitrogen and oxygen atoms in total. The van der Waals surface area contributed by atoms with E-state index in [-0.39, 0.29) is 23.8 Å². The molecule has 1 aliphatic rings. The molecule has 2 aromatic rings. The maximum absolute atomic E-state index is 12.7. The number of carbonyl (C=O) groups is 1. The van der Waals surface area contributed by atoms with E-state index in [0.29, 0.717) is 25.1 Å². The molecule has 1 saturated heterocycles. The molecule has 3 rings (SSSR count). The quantitative estimate of drug-likeness (QED) is 0.521. The number of ether oxygens (including phenoxy) is 2. The van der Waals surface area contributed by atoms with Crippen LogP contribution in [-0.2, 0) is 26.1 Å². The largest absolute Gasteiger partial charge is 0.497 e. The second-order valence-electron chi connectivity index (χ2n) is 7.30. The van der Waals surface area contributed by atoms with E-state index in [4.69, 9.17) is 9.47 Å². The zero-order chi connectivity index (χ0) is 22.3. The van der Waals surface area contributed by atoms with Crippen molar-refractivity contribution in [3.05, 3.63) is 54.4 Å². The van der Waals surface area contributed by atoms with Crippen molar-refractivity contribution in [2.45, 2.75) is 49.0 Å². The highest BCUT2D eigenvalue weighted by Crippen LogP contribution is 2.24. The van der Waals surface area contributed by atoms with Gasteiger partial charge in [-0.25, -0.2) is 13.1 Å². The zero-order valence-electron chi connectivity index (χ0n) is 17.2. The molecular formula is C21H27N3O6S. The predicted molar refractivity (Wildman–Crippen MR) is 113 cm³/mol. The van der Waals surface area contributed by atoms with Crippen molar-refractivity contribution >= 4 is 15.9 Å². The normalized spacial score (nSPS) is 21.4. The Labute approximate surface area is 181 Å². The van der Waals surface area contributed by atoms with E-state index < -0.39 is 28.3 Å². The van der Waals surface area contributed by atoms with Crippen molar-refractivity contribution in [2.75, 3.05) is 13.7 Å². The molecule has 0 aliphatic carbocycles. The van der Waals surface area contributed by atoms with Gasteiger partial charge in [-0.3, -0.25) is 9.78 Å². The van der Waals surface area contributed by atoms with Crippen molar-refractivity contribution in [3.8, 4) is 5.75 Å². The number of aromatic nitrogens is 1. The molecule has 1 amide bonds. The zero-order valence-corrected chi connectivity index (χ0v) is 18.0. The molecule has 31 heavy (non-hydrogen) atoms. The summed E-state index contributed by atoms with van der Waals surface area (Å²) in [5, 5.41) is 12.6. The van der Waals surface area contributed by atoms with Gasteiger partial charge in [-0.1, -0.05) is 6.07 Å². The van der Waals surface area contributed by atoms with Crippen LogP contribution in [0.2, 0.25) is 0 Å². The molecule has 0 spiro atoms. The number of hydrogen-bond donors (Lipinski definition) is 3. The smallest absolute Gasteiger partial charge is 0.241 e. The summed E-state index contributed by atoms with van der Waals surface area (Å²) >= 11 is 0. The Hall–Kier alpha value is -2.53. The van der Waals surface area contributed by atoms with Crippen LogP contribution in [0.1, 0.15) is 24.8 Å². The number of pyridine rings is 1. The fourth-order valence-electron chi connectivity index (χ4n) is 3.43. The summed E-state index contributed by atoms with van der Waals surface area (Å²) in [6, 6.07) is 9.18. The van der Waals surface area contributed by atoms with Crippen LogP contribution in [0.15, 0.2) is 53.7 Å². The van der Waals surface area contributed by atoms with Crippen LogP contribution in [0.3, 0.4) is 0 Å². The minimum Gasteiger partial charge on any atom is -0.497 e. The first-order chi connectivity index (χ1) is 14.9. The van der Waals surface area contributed by atoms with Crippen molar-refractivity contribution in [2.24, 2.45) is 0 Å². The Bertz CT molecular complexity index is 970. The van der Waals surface area contributed by atoms with Crippen molar-refractivity contribution < 1.29 is 27.8 Å². The number of aliphatic hydroxyl groups is 1. The van der Waals surface area contributed by atoms with Gasteiger partial charge in [-0.05, 0) is 42.7 Å². The standard InChI is InChI=1S/C21H27N3O6S/c1-29-16-3-2-4-18(11-16)31(27,28)24-19-6-5-17(30-20(19)14-25)12-21(26)23-13-15-7-9-22-10-8-15/h2-4,7-11,17,19-20,24-25H,5-6,12-14H2,1H3,(H,23,26)/t17-,19-,20-/m1/s1. The number of nitrogens with one attached hydrogen (secondary N) is 2. The fourth-order valence-corrected chi connectivity index (χ4v) is 4.77. The molecule has 0 bridgehead atoms. The second-order valence-corrected chi connectivity index (χ2v) is 9.01. The average molecular weight is 450 g/mol. The van der Waals surface area contributed by atoms with E-state index in [1.54, 1.807) is 24.5 Å². The van der Waals surface area contributed by atoms with Gasteiger partial charge in [0.2, 0.25) is 15.9 Å². The Morgan fingerprint density at radius 3 is 2.74 bits per heavy atom. The highest BCUT2D eigenvalue weighted by molar-refractivity contribution is 7.89. The first-order valence-electron chi connectivity index (χ1n) is 9.99. The molecule has 3 N–H and O–H groups in total. The highest BCUT2D eigenvalue weighted by Gasteiger charge is 2.34. The molecule has 2 heterocycles. The summed E-state index contributed by atoms with van der Waals surface area (Å²) in [5.74, 6) is 0.258. The topological polar surface area (TPSA) is 127 Å². The lowest BCUT2D eigenvalue weighted by Gasteiger charge is -2.35. The maximum Gasteiger partial charge on any atom is 0.241 e. The van der Waals surface area contributed by atoms with Crippen LogP contribution >= 0.6 is 0 Å². The lowest BCUT2D eigenvalue weighted by atomic mass is 9.98. The number of carbonyl (C=O) groups excluding carboxylic acids is 1. The molecule has 1 aliphatic heterocycles. The summed E-state index contributed by atoms with van der Waals surface area (Å²) in [7, 11) is -2.36. The maximum atomic E-state index is 12.7. The number of amides is 1. The summed E-state index contributed by atoms with van der Waals surface area (Å²) in [5.41, 5.74) is 0.938. The molecule has 0 unspecified atom stereocenters. The van der Waals surface area contributed by atoms with E-state index in [1.807, 2.05) is 12.1 Å². The van der Waals surface area contributed by atoms with E-state index >= 15 is 0 Å². The third kappa shape index (κ3) is 6.47. The lowest BCUT2D eigenvalue weighted by Crippen LogP contribution is -2.51. The molecule has 0 saturated carbocycles. The third-order valence-electron chi connectivity index (χ3n) is 5.11.